The minimum atomic E-state index is -0.541. The quantitative estimate of drug-likeness (QED) is 0.698. The molecule has 0 saturated carbocycles. The maximum Gasteiger partial charge on any atom is 0.231 e. The van der Waals surface area contributed by atoms with E-state index in [4.69, 9.17) is 5.73 Å². The van der Waals surface area contributed by atoms with Crippen molar-refractivity contribution >= 4 is 28.4 Å². The molecule has 3 aromatic rings. The summed E-state index contributed by atoms with van der Waals surface area (Å²) in [5.41, 5.74) is 7.86. The molecule has 5 nitrogen and oxygen atoms in total. The van der Waals surface area contributed by atoms with E-state index in [9.17, 15) is 18.4 Å². The molecule has 0 atom stereocenters. The van der Waals surface area contributed by atoms with Gasteiger partial charge in [-0.15, -0.1) is 0 Å². The molecule has 1 heterocycles. The van der Waals surface area contributed by atoms with Crippen LogP contribution in [0.25, 0.3) is 10.9 Å². The molecular weight excluding hydrogens is 352 g/mol. The third-order valence-corrected chi connectivity index (χ3v) is 4.43. The minimum Gasteiger partial charge on any atom is -0.370 e. The zero-order valence-electron chi connectivity index (χ0n) is 14.8. The lowest BCUT2D eigenvalue weighted by Gasteiger charge is -2.22. The van der Waals surface area contributed by atoms with Gasteiger partial charge in [-0.05, 0) is 55.0 Å². The van der Waals surface area contributed by atoms with E-state index >= 15 is 0 Å². The number of fused-ring (bicyclic) bond motifs is 1. The summed E-state index contributed by atoms with van der Waals surface area (Å²) >= 11 is 0. The van der Waals surface area contributed by atoms with E-state index in [1.54, 1.807) is 6.07 Å². The Kier molecular flexibility index (Phi) is 5.21. The number of hydrogen-bond acceptors (Lipinski definition) is 2. The Morgan fingerprint density at radius 3 is 2.41 bits per heavy atom. The lowest BCUT2D eigenvalue weighted by molar-refractivity contribution is -0.118. The van der Waals surface area contributed by atoms with Gasteiger partial charge < -0.3 is 15.6 Å². The number of aromatic amines is 1. The number of nitrogens with zero attached hydrogens (tertiary/aromatic N) is 1. The Hall–Kier alpha value is -3.22. The summed E-state index contributed by atoms with van der Waals surface area (Å²) in [5, 5.41) is 0.634. The highest BCUT2D eigenvalue weighted by atomic mass is 19.1. The molecule has 0 aliphatic rings. The number of rotatable bonds is 6. The van der Waals surface area contributed by atoms with Gasteiger partial charge in [-0.3, -0.25) is 9.59 Å². The molecule has 0 radical (unpaired) electrons. The molecule has 1 aromatic heterocycles. The maximum absolute atomic E-state index is 13.6. The van der Waals surface area contributed by atoms with Crippen molar-refractivity contribution in [3.05, 3.63) is 65.4 Å². The van der Waals surface area contributed by atoms with Gasteiger partial charge in [0, 0.05) is 35.2 Å². The first-order valence-electron chi connectivity index (χ1n) is 8.46. The number of carbonyl (C=O) groups is 2. The molecule has 0 fully saturated rings. The normalized spacial score (nSPS) is 10.9. The van der Waals surface area contributed by atoms with Crippen LogP contribution in [0.4, 0.5) is 14.5 Å². The maximum atomic E-state index is 13.6. The Balaban J connectivity index is 1.92. The van der Waals surface area contributed by atoms with Crippen LogP contribution in [0.2, 0.25) is 0 Å². The Labute approximate surface area is 154 Å². The van der Waals surface area contributed by atoms with Crippen LogP contribution in [-0.4, -0.2) is 23.3 Å². The van der Waals surface area contributed by atoms with Crippen molar-refractivity contribution in [2.75, 3.05) is 11.4 Å². The first-order chi connectivity index (χ1) is 12.8. The lowest BCUT2D eigenvalue weighted by atomic mass is 10.1. The van der Waals surface area contributed by atoms with Crippen molar-refractivity contribution < 1.29 is 18.4 Å². The summed E-state index contributed by atoms with van der Waals surface area (Å²) in [6.07, 6.45) is -0.0178. The SMILES string of the molecule is Cc1[nH]c2ccc(F)cc2c1CC(=O)N(CCC(N)=O)c1ccc(F)cc1. The number of benzene rings is 2. The molecule has 7 heteroatoms. The van der Waals surface area contributed by atoms with E-state index in [-0.39, 0.29) is 31.1 Å². The summed E-state index contributed by atoms with van der Waals surface area (Å²) in [6.45, 7) is 1.89. The topological polar surface area (TPSA) is 79.2 Å². The molecule has 0 saturated heterocycles. The van der Waals surface area contributed by atoms with Crippen LogP contribution in [0.3, 0.4) is 0 Å². The molecule has 2 aromatic carbocycles. The molecular formula is C20H19F2N3O2. The monoisotopic (exact) mass is 371 g/mol. The highest BCUT2D eigenvalue weighted by Crippen LogP contribution is 2.25. The molecule has 0 spiro atoms. The van der Waals surface area contributed by atoms with Crippen molar-refractivity contribution in [3.63, 3.8) is 0 Å². The van der Waals surface area contributed by atoms with E-state index in [0.29, 0.717) is 16.6 Å². The summed E-state index contributed by atoms with van der Waals surface area (Å²) < 4.78 is 26.9. The van der Waals surface area contributed by atoms with E-state index in [1.807, 2.05) is 6.92 Å². The van der Waals surface area contributed by atoms with Gasteiger partial charge in [-0.2, -0.15) is 0 Å². The van der Waals surface area contributed by atoms with Crippen molar-refractivity contribution in [1.82, 2.24) is 4.98 Å². The molecule has 0 aliphatic carbocycles. The third-order valence-electron chi connectivity index (χ3n) is 4.43. The molecule has 140 valence electrons. The van der Waals surface area contributed by atoms with Gasteiger partial charge in [0.15, 0.2) is 0 Å². The van der Waals surface area contributed by atoms with Gasteiger partial charge >= 0.3 is 0 Å². The zero-order chi connectivity index (χ0) is 19.6. The van der Waals surface area contributed by atoms with Gasteiger partial charge in [0.2, 0.25) is 11.8 Å². The Morgan fingerprint density at radius 1 is 1.07 bits per heavy atom. The Morgan fingerprint density at radius 2 is 1.74 bits per heavy atom. The predicted octanol–water partition coefficient (Wildman–Crippen LogP) is 3.21. The Bertz CT molecular complexity index is 996. The molecule has 0 unspecified atom stereocenters. The number of hydrogen-bond donors (Lipinski definition) is 2. The van der Waals surface area contributed by atoms with Gasteiger partial charge in [0.1, 0.15) is 11.6 Å². The number of nitrogens with two attached hydrogens (primary N) is 1. The second kappa shape index (κ2) is 7.57. The second-order valence-corrected chi connectivity index (χ2v) is 6.33. The first kappa shape index (κ1) is 18.6. The van der Waals surface area contributed by atoms with Crippen LogP contribution in [0.5, 0.6) is 0 Å². The van der Waals surface area contributed by atoms with Gasteiger partial charge in [-0.1, -0.05) is 0 Å². The number of nitrogens with one attached hydrogen (secondary N) is 1. The average Bonchev–Trinajstić information content (AvgIpc) is 2.91. The number of primary amides is 1. The standard InChI is InChI=1S/C20H19F2N3O2/c1-12-16(17-10-14(22)4-7-18(17)24-12)11-20(27)25(9-8-19(23)26)15-5-2-13(21)3-6-15/h2-7,10,24H,8-9,11H2,1H3,(H2,23,26). The molecule has 27 heavy (non-hydrogen) atoms. The van der Waals surface area contributed by atoms with Crippen molar-refractivity contribution in [2.45, 2.75) is 19.8 Å². The number of amides is 2. The number of anilines is 1. The van der Waals surface area contributed by atoms with Crippen molar-refractivity contribution in [2.24, 2.45) is 5.73 Å². The second-order valence-electron chi connectivity index (χ2n) is 6.33. The predicted molar refractivity (Wildman–Crippen MR) is 99.3 cm³/mol. The van der Waals surface area contributed by atoms with Crippen LogP contribution in [-0.2, 0) is 16.0 Å². The van der Waals surface area contributed by atoms with Crippen LogP contribution >= 0.6 is 0 Å². The number of H-pyrrole nitrogens is 1. The number of aryl methyl sites for hydroxylation is 1. The van der Waals surface area contributed by atoms with Gasteiger partial charge in [0.05, 0.1) is 6.42 Å². The summed E-state index contributed by atoms with van der Waals surface area (Å²) in [4.78, 5) is 28.7. The van der Waals surface area contributed by atoms with Crippen LogP contribution < -0.4 is 10.6 Å². The molecule has 0 bridgehead atoms. The summed E-state index contributed by atoms with van der Waals surface area (Å²) in [6, 6.07) is 9.77. The van der Waals surface area contributed by atoms with Crippen molar-refractivity contribution in [1.29, 1.82) is 0 Å². The van der Waals surface area contributed by atoms with Crippen molar-refractivity contribution in [3.8, 4) is 0 Å². The van der Waals surface area contributed by atoms with E-state index in [0.717, 1.165) is 11.2 Å². The van der Waals surface area contributed by atoms with Crippen LogP contribution in [0.1, 0.15) is 17.7 Å². The van der Waals surface area contributed by atoms with E-state index in [2.05, 4.69) is 4.98 Å². The zero-order valence-corrected chi connectivity index (χ0v) is 14.8. The molecule has 0 aliphatic heterocycles. The highest BCUT2D eigenvalue weighted by Gasteiger charge is 2.20. The smallest absolute Gasteiger partial charge is 0.231 e. The molecule has 2 amide bonds. The van der Waals surface area contributed by atoms with Crippen LogP contribution in [0.15, 0.2) is 42.5 Å². The highest BCUT2D eigenvalue weighted by molar-refractivity contribution is 5.98. The number of halogens is 2. The first-order valence-corrected chi connectivity index (χ1v) is 8.46. The fraction of sp³-hybridized carbons (Fsp3) is 0.200. The van der Waals surface area contributed by atoms with Crippen LogP contribution in [0, 0.1) is 18.6 Å². The summed E-state index contributed by atoms with van der Waals surface area (Å²) in [7, 11) is 0. The van der Waals surface area contributed by atoms with Gasteiger partial charge in [-0.25, -0.2) is 8.78 Å². The fourth-order valence-corrected chi connectivity index (χ4v) is 3.07. The lowest BCUT2D eigenvalue weighted by Crippen LogP contribution is -2.35. The molecule has 3 N–H and O–H groups in total. The van der Waals surface area contributed by atoms with Gasteiger partial charge in [0.25, 0.3) is 0 Å². The minimum absolute atomic E-state index is 0.00538. The number of carbonyl (C=O) groups excluding carboxylic acids is 2. The third kappa shape index (κ3) is 4.13. The number of aromatic nitrogens is 1. The largest absolute Gasteiger partial charge is 0.370 e. The molecule has 3 rings (SSSR count). The fourth-order valence-electron chi connectivity index (χ4n) is 3.07. The van der Waals surface area contributed by atoms with E-state index < -0.39 is 11.7 Å². The average molecular weight is 371 g/mol. The summed E-state index contributed by atoms with van der Waals surface area (Å²) in [5.74, 6) is -1.65. The van der Waals surface area contributed by atoms with E-state index in [1.165, 1.54) is 41.3 Å².